The lowest BCUT2D eigenvalue weighted by Crippen LogP contribution is -2.25. The molecule has 27 heavy (non-hydrogen) atoms. The predicted octanol–water partition coefficient (Wildman–Crippen LogP) is 3.83. The number of hydrogen-bond donors (Lipinski definition) is 2. The van der Waals surface area contributed by atoms with E-state index in [1.165, 1.54) is 0 Å². The fraction of sp³-hybridized carbons (Fsp3) is 0.364. The molecule has 144 valence electrons. The summed E-state index contributed by atoms with van der Waals surface area (Å²) in [5.41, 5.74) is 4.20. The molecule has 2 amide bonds. The Hall–Kier alpha value is -2.66. The van der Waals surface area contributed by atoms with E-state index in [4.69, 9.17) is 4.74 Å². The Morgan fingerprint density at radius 2 is 1.44 bits per heavy atom. The molecule has 0 spiro atoms. The van der Waals surface area contributed by atoms with Crippen LogP contribution in [0.25, 0.3) is 0 Å². The molecule has 2 aromatic rings. The van der Waals surface area contributed by atoms with Gasteiger partial charge in [0.1, 0.15) is 0 Å². The van der Waals surface area contributed by atoms with Gasteiger partial charge in [0.05, 0.1) is 0 Å². The quantitative estimate of drug-likeness (QED) is 0.661. The zero-order valence-electron chi connectivity index (χ0n) is 16.3. The SMILES string of the molecule is CCc1cccc(CC)c1NC(=O)c1ccc(C(=O)NCCCOC)cc1. The molecular formula is C22H28N2O3. The minimum absolute atomic E-state index is 0.150. The van der Waals surface area contributed by atoms with Gasteiger partial charge in [0.2, 0.25) is 0 Å². The van der Waals surface area contributed by atoms with Crippen molar-refractivity contribution in [2.45, 2.75) is 33.1 Å². The van der Waals surface area contributed by atoms with Gasteiger partial charge in [0.25, 0.3) is 11.8 Å². The number of ether oxygens (including phenoxy) is 1. The van der Waals surface area contributed by atoms with Gasteiger partial charge in [-0.25, -0.2) is 0 Å². The van der Waals surface area contributed by atoms with Crippen molar-refractivity contribution in [3.63, 3.8) is 0 Å². The van der Waals surface area contributed by atoms with Crippen LogP contribution in [-0.2, 0) is 17.6 Å². The highest BCUT2D eigenvalue weighted by molar-refractivity contribution is 6.05. The van der Waals surface area contributed by atoms with Gasteiger partial charge in [-0.15, -0.1) is 0 Å². The van der Waals surface area contributed by atoms with E-state index in [2.05, 4.69) is 24.5 Å². The molecule has 0 aliphatic carbocycles. The molecule has 0 aliphatic rings. The van der Waals surface area contributed by atoms with Crippen LogP contribution in [0, 0.1) is 0 Å². The topological polar surface area (TPSA) is 67.4 Å². The number of benzene rings is 2. The molecule has 0 unspecified atom stereocenters. The lowest BCUT2D eigenvalue weighted by Gasteiger charge is -2.14. The van der Waals surface area contributed by atoms with Crippen molar-refractivity contribution in [2.75, 3.05) is 25.6 Å². The van der Waals surface area contributed by atoms with Gasteiger partial charge < -0.3 is 15.4 Å². The molecule has 2 rings (SSSR count). The largest absolute Gasteiger partial charge is 0.385 e. The van der Waals surface area contributed by atoms with Crippen molar-refractivity contribution in [3.05, 3.63) is 64.7 Å². The first-order chi connectivity index (χ1) is 13.1. The maximum absolute atomic E-state index is 12.6. The summed E-state index contributed by atoms with van der Waals surface area (Å²) in [5, 5.41) is 5.87. The average Bonchev–Trinajstić information content (AvgIpc) is 2.71. The third kappa shape index (κ3) is 5.66. The molecule has 0 heterocycles. The van der Waals surface area contributed by atoms with Gasteiger partial charge >= 0.3 is 0 Å². The van der Waals surface area contributed by atoms with Crippen LogP contribution in [-0.4, -0.2) is 32.1 Å². The van der Waals surface area contributed by atoms with Gasteiger partial charge in [-0.2, -0.15) is 0 Å². The van der Waals surface area contributed by atoms with Gasteiger partial charge in [-0.05, 0) is 54.7 Å². The summed E-state index contributed by atoms with van der Waals surface area (Å²) in [6.07, 6.45) is 2.47. The van der Waals surface area contributed by atoms with Gasteiger partial charge in [0.15, 0.2) is 0 Å². The standard InChI is InChI=1S/C22H28N2O3/c1-4-16-8-6-9-17(5-2)20(16)24-22(26)19-12-10-18(11-13-19)21(25)23-14-7-15-27-3/h6,8-13H,4-5,7,14-15H2,1-3H3,(H,23,25)(H,24,26). The normalized spacial score (nSPS) is 10.5. The van der Waals surface area contributed by atoms with Crippen molar-refractivity contribution in [1.29, 1.82) is 0 Å². The molecule has 0 aromatic heterocycles. The van der Waals surface area contributed by atoms with Crippen LogP contribution in [0.5, 0.6) is 0 Å². The third-order valence-corrected chi connectivity index (χ3v) is 4.46. The molecule has 5 heteroatoms. The summed E-state index contributed by atoms with van der Waals surface area (Å²) < 4.78 is 4.96. The number of rotatable bonds is 9. The maximum Gasteiger partial charge on any atom is 0.255 e. The summed E-state index contributed by atoms with van der Waals surface area (Å²) in [6, 6.07) is 12.8. The first kappa shape index (κ1) is 20.6. The monoisotopic (exact) mass is 368 g/mol. The van der Waals surface area contributed by atoms with Crippen molar-refractivity contribution in [2.24, 2.45) is 0 Å². The van der Waals surface area contributed by atoms with E-state index < -0.39 is 0 Å². The molecular weight excluding hydrogens is 340 g/mol. The van der Waals surface area contributed by atoms with Crippen molar-refractivity contribution >= 4 is 17.5 Å². The number of anilines is 1. The molecule has 5 nitrogen and oxygen atoms in total. The van der Waals surface area contributed by atoms with Crippen LogP contribution >= 0.6 is 0 Å². The summed E-state index contributed by atoms with van der Waals surface area (Å²) >= 11 is 0. The zero-order valence-corrected chi connectivity index (χ0v) is 16.3. The molecule has 0 fully saturated rings. The van der Waals surface area contributed by atoms with Crippen LogP contribution in [0.3, 0.4) is 0 Å². The second-order valence-corrected chi connectivity index (χ2v) is 6.29. The summed E-state index contributed by atoms with van der Waals surface area (Å²) in [4.78, 5) is 24.7. The van der Waals surface area contributed by atoms with E-state index >= 15 is 0 Å². The molecule has 0 aliphatic heterocycles. The minimum atomic E-state index is -0.169. The van der Waals surface area contributed by atoms with E-state index in [1.807, 2.05) is 18.2 Å². The van der Waals surface area contributed by atoms with Gasteiger partial charge in [-0.1, -0.05) is 32.0 Å². The van der Waals surface area contributed by atoms with Gasteiger partial charge in [-0.3, -0.25) is 9.59 Å². The molecule has 0 radical (unpaired) electrons. The Morgan fingerprint density at radius 1 is 0.889 bits per heavy atom. The van der Waals surface area contributed by atoms with Crippen LogP contribution in [0.4, 0.5) is 5.69 Å². The first-order valence-electron chi connectivity index (χ1n) is 9.40. The molecule has 0 bridgehead atoms. The van der Waals surface area contributed by atoms with Crippen molar-refractivity contribution in [3.8, 4) is 0 Å². The Kier molecular flexibility index (Phi) is 8.01. The fourth-order valence-electron chi connectivity index (χ4n) is 2.88. The first-order valence-corrected chi connectivity index (χ1v) is 9.40. The number of hydrogen-bond acceptors (Lipinski definition) is 3. The Labute approximate surface area is 161 Å². The van der Waals surface area contributed by atoms with E-state index in [0.717, 1.165) is 36.1 Å². The highest BCUT2D eigenvalue weighted by Crippen LogP contribution is 2.23. The number of para-hydroxylation sites is 1. The van der Waals surface area contributed by atoms with Gasteiger partial charge in [0, 0.05) is 37.1 Å². The second kappa shape index (κ2) is 10.5. The Bertz CT molecular complexity index is 747. The Balaban J connectivity index is 2.05. The second-order valence-electron chi connectivity index (χ2n) is 6.29. The van der Waals surface area contributed by atoms with E-state index in [9.17, 15) is 9.59 Å². The minimum Gasteiger partial charge on any atom is -0.385 e. The number of carbonyl (C=O) groups is 2. The highest BCUT2D eigenvalue weighted by atomic mass is 16.5. The number of amides is 2. The maximum atomic E-state index is 12.6. The smallest absolute Gasteiger partial charge is 0.255 e. The fourth-order valence-corrected chi connectivity index (χ4v) is 2.88. The van der Waals surface area contributed by atoms with Crippen LogP contribution in [0.15, 0.2) is 42.5 Å². The predicted molar refractivity (Wildman–Crippen MR) is 108 cm³/mol. The average molecular weight is 368 g/mol. The molecule has 2 N–H and O–H groups in total. The number of carbonyl (C=O) groups excluding carboxylic acids is 2. The molecule has 0 atom stereocenters. The molecule has 2 aromatic carbocycles. The molecule has 0 saturated heterocycles. The van der Waals surface area contributed by atoms with E-state index in [-0.39, 0.29) is 11.8 Å². The zero-order chi connectivity index (χ0) is 19.6. The van der Waals surface area contributed by atoms with Crippen LogP contribution in [0.2, 0.25) is 0 Å². The number of aryl methyl sites for hydroxylation is 2. The number of methoxy groups -OCH3 is 1. The summed E-state index contributed by atoms with van der Waals surface area (Å²) in [6.45, 7) is 5.32. The third-order valence-electron chi connectivity index (χ3n) is 4.46. The highest BCUT2D eigenvalue weighted by Gasteiger charge is 2.13. The summed E-state index contributed by atoms with van der Waals surface area (Å²) in [7, 11) is 1.63. The lowest BCUT2D eigenvalue weighted by molar-refractivity contribution is 0.0947. The van der Waals surface area contributed by atoms with Crippen LogP contribution < -0.4 is 10.6 Å². The van der Waals surface area contributed by atoms with Crippen molar-refractivity contribution in [1.82, 2.24) is 5.32 Å². The van der Waals surface area contributed by atoms with Crippen molar-refractivity contribution < 1.29 is 14.3 Å². The van der Waals surface area contributed by atoms with E-state index in [0.29, 0.717) is 24.3 Å². The lowest BCUT2D eigenvalue weighted by atomic mass is 10.0. The Morgan fingerprint density at radius 3 is 1.96 bits per heavy atom. The van der Waals surface area contributed by atoms with Crippen LogP contribution in [0.1, 0.15) is 52.1 Å². The number of nitrogens with one attached hydrogen (secondary N) is 2. The van der Waals surface area contributed by atoms with E-state index in [1.54, 1.807) is 31.4 Å². The summed E-state index contributed by atoms with van der Waals surface area (Å²) in [5.74, 6) is -0.319. The molecule has 0 saturated carbocycles.